The third-order valence-electron chi connectivity index (χ3n) is 2.91. The molecule has 1 N–H and O–H groups in total. The van der Waals surface area contributed by atoms with E-state index in [4.69, 9.17) is 11.6 Å². The van der Waals surface area contributed by atoms with Crippen molar-refractivity contribution in [3.8, 4) is 0 Å². The molecule has 5 heteroatoms. The number of aromatic nitrogens is 1. The van der Waals surface area contributed by atoms with Crippen LogP contribution >= 0.6 is 23.4 Å². The van der Waals surface area contributed by atoms with Gasteiger partial charge < -0.3 is 10.2 Å². The predicted molar refractivity (Wildman–Crippen MR) is 76.1 cm³/mol. The Bertz CT molecular complexity index is 386. The lowest BCUT2D eigenvalue weighted by atomic mass is 10.2. The Hall–Kier alpha value is -0.450. The van der Waals surface area contributed by atoms with Crippen LogP contribution in [0.5, 0.6) is 0 Å². The van der Waals surface area contributed by atoms with Gasteiger partial charge in [-0.05, 0) is 26.1 Å². The number of halogens is 1. The lowest BCUT2D eigenvalue weighted by molar-refractivity contribution is 0.684. The van der Waals surface area contributed by atoms with Crippen LogP contribution in [-0.4, -0.2) is 36.1 Å². The summed E-state index contributed by atoms with van der Waals surface area (Å²) in [6.07, 6.45) is 0. The number of anilines is 1. The van der Waals surface area contributed by atoms with Gasteiger partial charge in [-0.1, -0.05) is 11.6 Å². The highest BCUT2D eigenvalue weighted by Gasteiger charge is 2.20. The van der Waals surface area contributed by atoms with E-state index in [1.807, 2.05) is 30.9 Å². The number of hydrogen-bond acceptors (Lipinski definition) is 4. The molecule has 0 radical (unpaired) electrons. The Labute approximate surface area is 112 Å². The SMILES string of the molecule is CNCc1nc(N2CCSCC2C)ccc1Cl. The zero-order valence-electron chi connectivity index (χ0n) is 10.2. The fourth-order valence-corrected chi connectivity index (χ4v) is 3.18. The molecule has 0 bridgehead atoms. The summed E-state index contributed by atoms with van der Waals surface area (Å²) in [6.45, 7) is 4.03. The molecule has 1 aromatic rings. The fourth-order valence-electron chi connectivity index (χ4n) is 1.99. The fraction of sp³-hybridized carbons (Fsp3) is 0.583. The van der Waals surface area contributed by atoms with Gasteiger partial charge in [0.15, 0.2) is 0 Å². The molecule has 1 fully saturated rings. The minimum atomic E-state index is 0.546. The van der Waals surface area contributed by atoms with Crippen molar-refractivity contribution in [1.82, 2.24) is 10.3 Å². The van der Waals surface area contributed by atoms with Crippen LogP contribution in [0.1, 0.15) is 12.6 Å². The lowest BCUT2D eigenvalue weighted by Gasteiger charge is -2.34. The summed E-state index contributed by atoms with van der Waals surface area (Å²) in [5.41, 5.74) is 0.928. The zero-order valence-corrected chi connectivity index (χ0v) is 11.8. The highest BCUT2D eigenvalue weighted by Crippen LogP contribution is 2.24. The molecule has 1 saturated heterocycles. The van der Waals surface area contributed by atoms with Crippen LogP contribution in [0.2, 0.25) is 5.02 Å². The maximum Gasteiger partial charge on any atom is 0.129 e. The first-order chi connectivity index (χ1) is 8.22. The van der Waals surface area contributed by atoms with Crippen molar-refractivity contribution >= 4 is 29.2 Å². The molecule has 0 aromatic carbocycles. The van der Waals surface area contributed by atoms with Crippen molar-refractivity contribution < 1.29 is 0 Å². The molecule has 0 aliphatic carbocycles. The molecular weight excluding hydrogens is 254 g/mol. The molecule has 3 nitrogen and oxygen atoms in total. The smallest absolute Gasteiger partial charge is 0.129 e. The average molecular weight is 272 g/mol. The number of hydrogen-bond donors (Lipinski definition) is 1. The summed E-state index contributed by atoms with van der Waals surface area (Å²) in [7, 11) is 1.91. The van der Waals surface area contributed by atoms with Crippen molar-refractivity contribution in [2.45, 2.75) is 19.5 Å². The van der Waals surface area contributed by atoms with Gasteiger partial charge in [-0.2, -0.15) is 11.8 Å². The second-order valence-electron chi connectivity index (χ2n) is 4.25. The standard InChI is InChI=1S/C12H18ClN3S/c1-9-8-17-6-5-16(9)12-4-3-10(13)11(15-12)7-14-2/h3-4,9,14H,5-8H2,1-2H3. The molecule has 0 amide bonds. The maximum atomic E-state index is 6.13. The topological polar surface area (TPSA) is 28.2 Å². The van der Waals surface area contributed by atoms with E-state index in [1.54, 1.807) is 0 Å². The minimum Gasteiger partial charge on any atom is -0.352 e. The number of rotatable bonds is 3. The van der Waals surface area contributed by atoms with E-state index in [2.05, 4.69) is 22.1 Å². The molecule has 1 aliphatic rings. The molecule has 1 atom stereocenters. The number of nitrogens with one attached hydrogen (secondary N) is 1. The van der Waals surface area contributed by atoms with Gasteiger partial charge in [0.2, 0.25) is 0 Å². The molecule has 1 aliphatic heterocycles. The third kappa shape index (κ3) is 3.06. The van der Waals surface area contributed by atoms with Gasteiger partial charge in [0, 0.05) is 30.6 Å². The van der Waals surface area contributed by atoms with Crippen molar-refractivity contribution in [1.29, 1.82) is 0 Å². The zero-order chi connectivity index (χ0) is 12.3. The first-order valence-corrected chi connectivity index (χ1v) is 7.40. The Kier molecular flexibility index (Phi) is 4.54. The van der Waals surface area contributed by atoms with E-state index < -0.39 is 0 Å². The van der Waals surface area contributed by atoms with Crippen molar-refractivity contribution in [3.05, 3.63) is 22.8 Å². The predicted octanol–water partition coefficient (Wildman–Crippen LogP) is 2.40. The molecular formula is C12H18ClN3S. The summed E-state index contributed by atoms with van der Waals surface area (Å²) in [5, 5.41) is 3.83. The number of pyridine rings is 1. The maximum absolute atomic E-state index is 6.13. The Morgan fingerprint density at radius 1 is 1.59 bits per heavy atom. The van der Waals surface area contributed by atoms with Gasteiger partial charge in [-0.3, -0.25) is 0 Å². The van der Waals surface area contributed by atoms with Crippen molar-refractivity contribution in [3.63, 3.8) is 0 Å². The van der Waals surface area contributed by atoms with Crippen LogP contribution in [0.15, 0.2) is 12.1 Å². The van der Waals surface area contributed by atoms with Crippen LogP contribution in [0.3, 0.4) is 0 Å². The summed E-state index contributed by atoms with van der Waals surface area (Å²) < 4.78 is 0. The molecule has 17 heavy (non-hydrogen) atoms. The van der Waals surface area contributed by atoms with Crippen LogP contribution in [-0.2, 0) is 6.54 Å². The second kappa shape index (κ2) is 5.94. The Balaban J connectivity index is 2.22. The first kappa shape index (κ1) is 13.0. The normalized spacial score (nSPS) is 20.6. The summed E-state index contributed by atoms with van der Waals surface area (Å²) >= 11 is 8.14. The van der Waals surface area contributed by atoms with E-state index in [-0.39, 0.29) is 0 Å². The minimum absolute atomic E-state index is 0.546. The second-order valence-corrected chi connectivity index (χ2v) is 5.80. The summed E-state index contributed by atoms with van der Waals surface area (Å²) in [5.74, 6) is 3.40. The van der Waals surface area contributed by atoms with Gasteiger partial charge in [-0.25, -0.2) is 4.98 Å². The van der Waals surface area contributed by atoms with Crippen LogP contribution in [0, 0.1) is 0 Å². The Morgan fingerprint density at radius 3 is 3.12 bits per heavy atom. The quantitative estimate of drug-likeness (QED) is 0.914. The van der Waals surface area contributed by atoms with Gasteiger partial charge in [0.05, 0.1) is 10.7 Å². The van der Waals surface area contributed by atoms with Gasteiger partial charge in [-0.15, -0.1) is 0 Å². The van der Waals surface area contributed by atoms with Crippen molar-refractivity contribution in [2.24, 2.45) is 0 Å². The molecule has 2 heterocycles. The van der Waals surface area contributed by atoms with Crippen molar-refractivity contribution in [2.75, 3.05) is 30.0 Å². The molecule has 0 saturated carbocycles. The molecule has 1 aromatic heterocycles. The first-order valence-electron chi connectivity index (χ1n) is 5.86. The summed E-state index contributed by atoms with van der Waals surface area (Å²) in [4.78, 5) is 7.03. The average Bonchev–Trinajstić information content (AvgIpc) is 2.33. The van der Waals surface area contributed by atoms with E-state index in [0.717, 1.165) is 23.1 Å². The lowest BCUT2D eigenvalue weighted by Crippen LogP contribution is -2.41. The molecule has 94 valence electrons. The van der Waals surface area contributed by atoms with Gasteiger partial charge >= 0.3 is 0 Å². The van der Waals surface area contributed by atoms with Crippen LogP contribution < -0.4 is 10.2 Å². The summed E-state index contributed by atoms with van der Waals surface area (Å²) in [6, 6.07) is 4.52. The van der Waals surface area contributed by atoms with Gasteiger partial charge in [0.25, 0.3) is 0 Å². The van der Waals surface area contributed by atoms with E-state index >= 15 is 0 Å². The monoisotopic (exact) mass is 271 g/mol. The highest BCUT2D eigenvalue weighted by atomic mass is 35.5. The highest BCUT2D eigenvalue weighted by molar-refractivity contribution is 7.99. The molecule has 0 spiro atoms. The molecule has 2 rings (SSSR count). The number of thioether (sulfide) groups is 1. The van der Waals surface area contributed by atoms with E-state index in [1.165, 1.54) is 11.5 Å². The largest absolute Gasteiger partial charge is 0.352 e. The van der Waals surface area contributed by atoms with Crippen LogP contribution in [0.25, 0.3) is 0 Å². The Morgan fingerprint density at radius 2 is 2.41 bits per heavy atom. The van der Waals surface area contributed by atoms with E-state index in [0.29, 0.717) is 12.6 Å². The van der Waals surface area contributed by atoms with Crippen LogP contribution in [0.4, 0.5) is 5.82 Å². The molecule has 1 unspecified atom stereocenters. The number of nitrogens with zero attached hydrogens (tertiary/aromatic N) is 2. The van der Waals surface area contributed by atoms with E-state index in [9.17, 15) is 0 Å². The third-order valence-corrected chi connectivity index (χ3v) is 4.44. The van der Waals surface area contributed by atoms with Gasteiger partial charge in [0.1, 0.15) is 5.82 Å².